The Morgan fingerprint density at radius 2 is 1.17 bits per heavy atom. The van der Waals surface area contributed by atoms with Gasteiger partial charge in [0.05, 0.1) is 0 Å². The first kappa shape index (κ1) is 16.8. The van der Waals surface area contributed by atoms with Crippen LogP contribution in [0.4, 0.5) is 0 Å². The summed E-state index contributed by atoms with van der Waals surface area (Å²) >= 11 is 5.52. The van der Waals surface area contributed by atoms with Gasteiger partial charge in [0.25, 0.3) is 0 Å². The van der Waals surface area contributed by atoms with Crippen LogP contribution in [0, 0.1) is 0 Å². The van der Waals surface area contributed by atoms with E-state index in [1.54, 1.807) is 0 Å². The quantitative estimate of drug-likeness (QED) is 0.228. The van der Waals surface area contributed by atoms with Crippen LogP contribution in [0.1, 0.15) is 0 Å². The molecule has 1 heterocycles. The average Bonchev–Trinajstić information content (AvgIpc) is 3.31. The smallest absolute Gasteiger partial charge is 0.0434 e. The second-order valence-corrected chi connectivity index (χ2v) is 9.83. The number of thiophene rings is 1. The van der Waals surface area contributed by atoms with Crippen LogP contribution in [0.5, 0.6) is 0 Å². The molecule has 0 fully saturated rings. The highest BCUT2D eigenvalue weighted by Gasteiger charge is 2.22. The normalized spacial score (nSPS) is 12.2. The van der Waals surface area contributed by atoms with Crippen molar-refractivity contribution >= 4 is 58.2 Å². The van der Waals surface area contributed by atoms with Crippen molar-refractivity contribution in [1.29, 1.82) is 0 Å². The van der Waals surface area contributed by atoms with Crippen LogP contribution < -0.4 is 0 Å². The van der Waals surface area contributed by atoms with Crippen molar-refractivity contribution in [1.82, 2.24) is 0 Å². The topological polar surface area (TPSA) is 0 Å². The summed E-state index contributed by atoms with van der Waals surface area (Å²) in [5.74, 6) is 0. The molecule has 1 aromatic heterocycles. The highest BCUT2D eigenvalue weighted by Crippen LogP contribution is 2.50. The van der Waals surface area contributed by atoms with Crippen molar-refractivity contribution in [2.75, 3.05) is 0 Å². The maximum absolute atomic E-state index is 3.63. The average molecular weight is 463 g/mol. The summed E-state index contributed by atoms with van der Waals surface area (Å²) in [5, 5.41) is 5.40. The van der Waals surface area contributed by atoms with Crippen LogP contribution in [0.2, 0.25) is 0 Å². The van der Waals surface area contributed by atoms with E-state index in [4.69, 9.17) is 0 Å². The number of halogens is 1. The standard InChI is InChI=1S/C28H15BrS/c29-16-11-12-20-25-10-4-9-24(28(25)30-26(20)15-16)19-13-14-23-18-6-2-1-5-17(18)21-7-3-8-22(19)27(21)23/h1-15H. The summed E-state index contributed by atoms with van der Waals surface area (Å²) in [7, 11) is 0. The van der Waals surface area contributed by atoms with E-state index in [-0.39, 0.29) is 0 Å². The fourth-order valence-corrected chi connectivity index (χ4v) is 6.81. The Labute approximate surface area is 186 Å². The highest BCUT2D eigenvalue weighted by molar-refractivity contribution is 9.10. The first-order valence-electron chi connectivity index (χ1n) is 10.1. The summed E-state index contributed by atoms with van der Waals surface area (Å²) in [6.07, 6.45) is 0. The molecule has 0 saturated carbocycles. The van der Waals surface area contributed by atoms with Crippen LogP contribution in [0.25, 0.3) is 64.3 Å². The van der Waals surface area contributed by atoms with Crippen molar-refractivity contribution < 1.29 is 0 Å². The lowest BCUT2D eigenvalue weighted by atomic mass is 9.93. The third kappa shape index (κ3) is 2.15. The molecule has 140 valence electrons. The van der Waals surface area contributed by atoms with Crippen molar-refractivity contribution in [2.24, 2.45) is 0 Å². The fraction of sp³-hybridized carbons (Fsp3) is 0. The molecule has 1 aliphatic carbocycles. The maximum Gasteiger partial charge on any atom is 0.0434 e. The lowest BCUT2D eigenvalue weighted by molar-refractivity contribution is 1.69. The van der Waals surface area contributed by atoms with Gasteiger partial charge in [-0.3, -0.25) is 0 Å². The minimum atomic E-state index is 1.13. The van der Waals surface area contributed by atoms with E-state index < -0.39 is 0 Å². The number of rotatable bonds is 1. The van der Waals surface area contributed by atoms with E-state index >= 15 is 0 Å². The fourth-order valence-electron chi connectivity index (χ4n) is 5.03. The first-order chi connectivity index (χ1) is 14.8. The molecule has 0 amide bonds. The van der Waals surface area contributed by atoms with E-state index in [2.05, 4.69) is 107 Å². The molecule has 7 rings (SSSR count). The van der Waals surface area contributed by atoms with Gasteiger partial charge in [-0.2, -0.15) is 0 Å². The molecular weight excluding hydrogens is 448 g/mol. The lowest BCUT2D eigenvalue weighted by Crippen LogP contribution is -1.83. The van der Waals surface area contributed by atoms with Gasteiger partial charge in [-0.1, -0.05) is 94.8 Å². The van der Waals surface area contributed by atoms with E-state index in [1.807, 2.05) is 11.3 Å². The maximum atomic E-state index is 3.63. The SMILES string of the molecule is Brc1ccc2c(c1)sc1c(-c3ccc4c5c(cccc35)-c3ccccc3-4)cccc12. The highest BCUT2D eigenvalue weighted by atomic mass is 79.9. The molecule has 0 bridgehead atoms. The molecule has 6 aromatic rings. The summed E-state index contributed by atoms with van der Waals surface area (Å²) in [5.41, 5.74) is 8.05. The van der Waals surface area contributed by atoms with Gasteiger partial charge < -0.3 is 0 Å². The number of hydrogen-bond acceptors (Lipinski definition) is 1. The van der Waals surface area contributed by atoms with Crippen LogP contribution in [-0.2, 0) is 0 Å². The minimum absolute atomic E-state index is 1.13. The van der Waals surface area contributed by atoms with Crippen molar-refractivity contribution in [3.8, 4) is 33.4 Å². The molecule has 0 aliphatic heterocycles. The van der Waals surface area contributed by atoms with Gasteiger partial charge in [0.1, 0.15) is 0 Å². The van der Waals surface area contributed by atoms with E-state index in [0.717, 1.165) is 4.47 Å². The zero-order valence-corrected chi connectivity index (χ0v) is 18.3. The predicted molar refractivity (Wildman–Crippen MR) is 134 cm³/mol. The molecule has 0 unspecified atom stereocenters. The number of benzene rings is 5. The van der Waals surface area contributed by atoms with Gasteiger partial charge in [-0.15, -0.1) is 11.3 Å². The molecule has 0 N–H and O–H groups in total. The van der Waals surface area contributed by atoms with E-state index in [0.29, 0.717) is 0 Å². The van der Waals surface area contributed by atoms with E-state index in [9.17, 15) is 0 Å². The Morgan fingerprint density at radius 3 is 2.00 bits per heavy atom. The van der Waals surface area contributed by atoms with Crippen molar-refractivity contribution in [3.63, 3.8) is 0 Å². The number of hydrogen-bond donors (Lipinski definition) is 0. The molecule has 5 aromatic carbocycles. The van der Waals surface area contributed by atoms with Crippen molar-refractivity contribution in [3.05, 3.63) is 95.5 Å². The molecule has 0 nitrogen and oxygen atoms in total. The molecule has 0 atom stereocenters. The summed E-state index contributed by atoms with van der Waals surface area (Å²) in [6, 6.07) is 33.5. The van der Waals surface area contributed by atoms with Gasteiger partial charge in [0.2, 0.25) is 0 Å². The first-order valence-corrected chi connectivity index (χ1v) is 11.7. The number of fused-ring (bicyclic) bond motifs is 6. The third-order valence-corrected chi connectivity index (χ3v) is 7.99. The molecular formula is C28H15BrS. The molecule has 0 spiro atoms. The Bertz CT molecular complexity index is 1630. The Kier molecular flexibility index (Phi) is 3.38. The Balaban J connectivity index is 1.59. The zero-order chi connectivity index (χ0) is 19.8. The monoisotopic (exact) mass is 462 g/mol. The van der Waals surface area contributed by atoms with Crippen molar-refractivity contribution in [2.45, 2.75) is 0 Å². The van der Waals surface area contributed by atoms with Gasteiger partial charge >= 0.3 is 0 Å². The molecule has 0 saturated heterocycles. The molecule has 0 radical (unpaired) electrons. The van der Waals surface area contributed by atoms with Crippen LogP contribution >= 0.6 is 27.3 Å². The van der Waals surface area contributed by atoms with Gasteiger partial charge in [-0.25, -0.2) is 0 Å². The minimum Gasteiger partial charge on any atom is -0.134 e. The summed E-state index contributed by atoms with van der Waals surface area (Å²) < 4.78 is 3.82. The predicted octanol–water partition coefficient (Wildman–Crippen LogP) is 9.28. The van der Waals surface area contributed by atoms with Crippen LogP contribution in [0.15, 0.2) is 95.5 Å². The zero-order valence-electron chi connectivity index (χ0n) is 15.9. The largest absolute Gasteiger partial charge is 0.134 e. The Morgan fingerprint density at radius 1 is 0.500 bits per heavy atom. The third-order valence-electron chi connectivity index (χ3n) is 6.30. The van der Waals surface area contributed by atoms with Gasteiger partial charge in [0.15, 0.2) is 0 Å². The van der Waals surface area contributed by atoms with E-state index in [1.165, 1.54) is 64.3 Å². The molecule has 2 heteroatoms. The van der Waals surface area contributed by atoms with Crippen LogP contribution in [-0.4, -0.2) is 0 Å². The summed E-state index contributed by atoms with van der Waals surface area (Å²) in [4.78, 5) is 0. The lowest BCUT2D eigenvalue weighted by Gasteiger charge is -2.10. The Hall–Kier alpha value is -2.94. The molecule has 1 aliphatic rings. The second-order valence-electron chi connectivity index (χ2n) is 7.86. The molecule has 30 heavy (non-hydrogen) atoms. The van der Waals surface area contributed by atoms with Gasteiger partial charge in [-0.05, 0) is 50.7 Å². The second kappa shape index (κ2) is 6.04. The van der Waals surface area contributed by atoms with Gasteiger partial charge in [0, 0.05) is 30.2 Å². The summed E-state index contributed by atoms with van der Waals surface area (Å²) in [6.45, 7) is 0. The van der Waals surface area contributed by atoms with Crippen LogP contribution in [0.3, 0.4) is 0 Å².